The van der Waals surface area contributed by atoms with Crippen LogP contribution in [0, 0.1) is 6.92 Å². The minimum Gasteiger partial charge on any atom is -0.497 e. The van der Waals surface area contributed by atoms with Gasteiger partial charge in [0.2, 0.25) is 10.0 Å². The molecule has 38 heavy (non-hydrogen) atoms. The number of hydrogen-bond donors (Lipinski definition) is 0. The molecule has 0 saturated carbocycles. The van der Waals surface area contributed by atoms with E-state index in [0.29, 0.717) is 19.4 Å². The van der Waals surface area contributed by atoms with Crippen LogP contribution in [0.2, 0.25) is 0 Å². The molecule has 200 valence electrons. The van der Waals surface area contributed by atoms with Gasteiger partial charge in [0.25, 0.3) is 0 Å². The summed E-state index contributed by atoms with van der Waals surface area (Å²) in [6, 6.07) is 20.5. The van der Waals surface area contributed by atoms with Crippen LogP contribution in [-0.2, 0) is 22.7 Å². The molecule has 5 rings (SSSR count). The number of piperidine rings is 1. The third-order valence-electron chi connectivity index (χ3n) is 7.43. The molecule has 1 aliphatic heterocycles. The molecule has 0 bridgehead atoms. The lowest BCUT2D eigenvalue weighted by Crippen LogP contribution is -2.38. The standard InChI is InChI=1S/C29H29F3N2O3S/c1-20-28(24-10-3-5-12-26(24)34(20)19-21-8-7-9-23(18-21)37-2)22-14-16-33(17-15-22)38(35,36)27-13-6-4-11-25(27)29(30,31)32/h3-13,18,22H,14-17,19H2,1-2H3. The molecule has 0 unspecified atom stereocenters. The maximum absolute atomic E-state index is 13.5. The highest BCUT2D eigenvalue weighted by molar-refractivity contribution is 7.89. The van der Waals surface area contributed by atoms with Crippen LogP contribution in [0.1, 0.15) is 41.1 Å². The van der Waals surface area contributed by atoms with Crippen molar-refractivity contribution in [3.63, 3.8) is 0 Å². The summed E-state index contributed by atoms with van der Waals surface area (Å²) in [7, 11) is -2.64. The van der Waals surface area contributed by atoms with E-state index < -0.39 is 26.7 Å². The maximum atomic E-state index is 13.5. The Morgan fingerprint density at radius 1 is 0.947 bits per heavy atom. The number of rotatable bonds is 6. The lowest BCUT2D eigenvalue weighted by Gasteiger charge is -2.32. The Kier molecular flexibility index (Phi) is 7.00. The highest BCUT2D eigenvalue weighted by atomic mass is 32.2. The van der Waals surface area contributed by atoms with Crippen LogP contribution in [0.25, 0.3) is 10.9 Å². The summed E-state index contributed by atoms with van der Waals surface area (Å²) in [5.41, 5.74) is 3.36. The third kappa shape index (κ3) is 4.80. The molecular formula is C29H29F3N2O3S. The minimum absolute atomic E-state index is 0.0933. The van der Waals surface area contributed by atoms with E-state index in [1.54, 1.807) is 7.11 Å². The molecule has 0 radical (unpaired) electrons. The van der Waals surface area contributed by atoms with E-state index in [4.69, 9.17) is 4.74 Å². The molecule has 1 saturated heterocycles. The molecule has 1 aliphatic rings. The molecule has 4 aromatic rings. The van der Waals surface area contributed by atoms with Crippen molar-refractivity contribution in [2.24, 2.45) is 0 Å². The number of halogens is 3. The van der Waals surface area contributed by atoms with Crippen LogP contribution in [0.15, 0.2) is 77.7 Å². The van der Waals surface area contributed by atoms with Crippen LogP contribution in [0.4, 0.5) is 13.2 Å². The third-order valence-corrected chi connectivity index (χ3v) is 9.38. The van der Waals surface area contributed by atoms with E-state index in [2.05, 4.69) is 29.7 Å². The van der Waals surface area contributed by atoms with Crippen molar-refractivity contribution in [3.8, 4) is 5.75 Å². The van der Waals surface area contributed by atoms with E-state index in [-0.39, 0.29) is 19.0 Å². The number of aromatic nitrogens is 1. The summed E-state index contributed by atoms with van der Waals surface area (Å²) < 4.78 is 75.9. The van der Waals surface area contributed by atoms with Crippen LogP contribution < -0.4 is 4.74 Å². The fourth-order valence-electron chi connectivity index (χ4n) is 5.58. The first kappa shape index (κ1) is 26.3. The molecule has 0 atom stereocenters. The lowest BCUT2D eigenvalue weighted by atomic mass is 9.88. The number of sulfonamides is 1. The van der Waals surface area contributed by atoms with Crippen LogP contribution in [0.3, 0.4) is 0 Å². The quantitative estimate of drug-likeness (QED) is 0.276. The summed E-state index contributed by atoms with van der Waals surface area (Å²) in [4.78, 5) is -0.683. The van der Waals surface area contributed by atoms with Crippen molar-refractivity contribution in [1.82, 2.24) is 8.87 Å². The number of nitrogens with zero attached hydrogens (tertiary/aromatic N) is 2. The number of alkyl halides is 3. The van der Waals surface area contributed by atoms with Gasteiger partial charge in [0.05, 0.1) is 17.6 Å². The van der Waals surface area contributed by atoms with Crippen molar-refractivity contribution in [2.45, 2.75) is 43.3 Å². The molecule has 2 heterocycles. The van der Waals surface area contributed by atoms with Crippen LogP contribution in [-0.4, -0.2) is 37.5 Å². The Bertz CT molecular complexity index is 1570. The van der Waals surface area contributed by atoms with Gasteiger partial charge in [-0.15, -0.1) is 0 Å². The molecule has 5 nitrogen and oxygen atoms in total. The fraction of sp³-hybridized carbons (Fsp3) is 0.310. The summed E-state index contributed by atoms with van der Waals surface area (Å²) in [5.74, 6) is 0.883. The Morgan fingerprint density at radius 3 is 2.34 bits per heavy atom. The van der Waals surface area contributed by atoms with Crippen LogP contribution >= 0.6 is 0 Å². The number of ether oxygens (including phenoxy) is 1. The number of para-hydroxylation sites is 1. The van der Waals surface area contributed by atoms with Gasteiger partial charge in [-0.2, -0.15) is 17.5 Å². The van der Waals surface area contributed by atoms with E-state index in [1.165, 1.54) is 22.0 Å². The van der Waals surface area contributed by atoms with E-state index in [9.17, 15) is 21.6 Å². The summed E-state index contributed by atoms with van der Waals surface area (Å²) in [6.45, 7) is 3.06. The van der Waals surface area contributed by atoms with Gasteiger partial charge in [-0.25, -0.2) is 8.42 Å². The largest absolute Gasteiger partial charge is 0.497 e. The van der Waals surface area contributed by atoms with E-state index in [0.717, 1.165) is 40.0 Å². The molecule has 1 fully saturated rings. The zero-order valence-corrected chi connectivity index (χ0v) is 22.0. The highest BCUT2D eigenvalue weighted by Crippen LogP contribution is 2.40. The normalized spacial score (nSPS) is 15.7. The van der Waals surface area contributed by atoms with Crippen molar-refractivity contribution < 1.29 is 26.3 Å². The average molecular weight is 543 g/mol. The molecule has 0 aliphatic carbocycles. The highest BCUT2D eigenvalue weighted by Gasteiger charge is 2.40. The second-order valence-electron chi connectivity index (χ2n) is 9.63. The van der Waals surface area contributed by atoms with Gasteiger partial charge in [-0.3, -0.25) is 0 Å². The maximum Gasteiger partial charge on any atom is 0.417 e. The SMILES string of the molecule is COc1cccc(Cn2c(C)c(C3CCN(S(=O)(=O)c4ccccc4C(F)(F)F)CC3)c3ccccc32)c1. The Labute approximate surface area is 220 Å². The number of hydrogen-bond acceptors (Lipinski definition) is 3. The van der Waals surface area contributed by atoms with Crippen molar-refractivity contribution >= 4 is 20.9 Å². The molecule has 9 heteroatoms. The number of fused-ring (bicyclic) bond motifs is 1. The van der Waals surface area contributed by atoms with Crippen molar-refractivity contribution in [2.75, 3.05) is 20.2 Å². The predicted molar refractivity (Wildman–Crippen MR) is 141 cm³/mol. The topological polar surface area (TPSA) is 51.5 Å². The van der Waals surface area contributed by atoms with Gasteiger partial charge in [-0.1, -0.05) is 42.5 Å². The zero-order chi connectivity index (χ0) is 27.1. The van der Waals surface area contributed by atoms with Gasteiger partial charge < -0.3 is 9.30 Å². The first-order valence-electron chi connectivity index (χ1n) is 12.5. The number of benzene rings is 3. The number of methoxy groups -OCH3 is 1. The minimum atomic E-state index is -4.75. The average Bonchev–Trinajstić information content (AvgIpc) is 3.19. The van der Waals surface area contributed by atoms with Crippen molar-refractivity contribution in [1.29, 1.82) is 0 Å². The van der Waals surface area contributed by atoms with Gasteiger partial charge in [-0.05, 0) is 67.1 Å². The van der Waals surface area contributed by atoms with Gasteiger partial charge in [0, 0.05) is 36.2 Å². The first-order valence-corrected chi connectivity index (χ1v) is 13.9. The Balaban J connectivity index is 1.43. The molecule has 0 amide bonds. The van der Waals surface area contributed by atoms with Gasteiger partial charge in [0.1, 0.15) is 5.75 Å². The molecule has 0 N–H and O–H groups in total. The van der Waals surface area contributed by atoms with Crippen molar-refractivity contribution in [3.05, 3.63) is 95.2 Å². The Hall–Kier alpha value is -3.30. The molecule has 1 aromatic heterocycles. The monoisotopic (exact) mass is 542 g/mol. The fourth-order valence-corrected chi connectivity index (χ4v) is 7.26. The van der Waals surface area contributed by atoms with Gasteiger partial charge >= 0.3 is 6.18 Å². The predicted octanol–water partition coefficient (Wildman–Crippen LogP) is 6.59. The zero-order valence-electron chi connectivity index (χ0n) is 21.2. The van der Waals surface area contributed by atoms with Gasteiger partial charge in [0.15, 0.2) is 0 Å². The Morgan fingerprint density at radius 2 is 1.63 bits per heavy atom. The van der Waals surface area contributed by atoms with E-state index >= 15 is 0 Å². The summed E-state index contributed by atoms with van der Waals surface area (Å²) in [5, 5.41) is 1.12. The summed E-state index contributed by atoms with van der Waals surface area (Å²) >= 11 is 0. The molecular weight excluding hydrogens is 513 g/mol. The lowest BCUT2D eigenvalue weighted by molar-refractivity contribution is -0.139. The first-order chi connectivity index (χ1) is 18.1. The van der Waals surface area contributed by atoms with Crippen LogP contribution in [0.5, 0.6) is 5.75 Å². The molecule has 0 spiro atoms. The second-order valence-corrected chi connectivity index (χ2v) is 11.5. The summed E-state index contributed by atoms with van der Waals surface area (Å²) in [6.07, 6.45) is -3.69. The molecule has 3 aromatic carbocycles. The second kappa shape index (κ2) is 10.1. The smallest absolute Gasteiger partial charge is 0.417 e. The van der Waals surface area contributed by atoms with E-state index in [1.807, 2.05) is 30.3 Å².